The minimum atomic E-state index is -0.213. The Morgan fingerprint density at radius 2 is 2.24 bits per heavy atom. The van der Waals surface area contributed by atoms with Crippen LogP contribution in [0.3, 0.4) is 0 Å². The highest BCUT2D eigenvalue weighted by Gasteiger charge is 2.13. The Kier molecular flexibility index (Phi) is 2.99. The molecule has 2 heterocycles. The van der Waals surface area contributed by atoms with Crippen molar-refractivity contribution in [2.75, 3.05) is 0 Å². The number of carbonyl (C=O) groups is 1. The first-order chi connectivity index (χ1) is 8.09. The normalized spacial score (nSPS) is 10.5. The maximum absolute atomic E-state index is 11.8. The van der Waals surface area contributed by atoms with Crippen LogP contribution in [-0.2, 0) is 13.6 Å². The molecule has 0 fully saturated rings. The zero-order valence-corrected chi connectivity index (χ0v) is 10.2. The van der Waals surface area contributed by atoms with Gasteiger partial charge < -0.3 is 14.4 Å². The molecule has 0 radical (unpaired) electrons. The summed E-state index contributed by atoms with van der Waals surface area (Å²) in [5, 5.41) is 6.48. The Labute approximate surface area is 99.4 Å². The number of hydrogen-bond acceptors (Lipinski definition) is 3. The number of nitrogens with zero attached hydrogens (tertiary/aromatic N) is 2. The van der Waals surface area contributed by atoms with Crippen molar-refractivity contribution in [2.45, 2.75) is 20.4 Å². The monoisotopic (exact) mass is 233 g/mol. The fourth-order valence-corrected chi connectivity index (χ4v) is 1.61. The molecule has 0 saturated heterocycles. The van der Waals surface area contributed by atoms with Gasteiger partial charge >= 0.3 is 0 Å². The predicted molar refractivity (Wildman–Crippen MR) is 62.6 cm³/mol. The van der Waals surface area contributed by atoms with Crippen LogP contribution < -0.4 is 5.32 Å². The average molecular weight is 233 g/mol. The van der Waals surface area contributed by atoms with Gasteiger partial charge in [-0.05, 0) is 26.0 Å². The molecular formula is C12H15N3O2. The van der Waals surface area contributed by atoms with Gasteiger partial charge in [0.2, 0.25) is 0 Å². The Bertz CT molecular complexity index is 540. The highest BCUT2D eigenvalue weighted by atomic mass is 16.5. The van der Waals surface area contributed by atoms with Gasteiger partial charge in [-0.2, -0.15) is 0 Å². The number of aromatic nitrogens is 2. The van der Waals surface area contributed by atoms with Gasteiger partial charge in [-0.15, -0.1) is 0 Å². The standard InChI is InChI=1S/C12H15N3O2/c1-8-7-17-14-11(8)12(16)13-6-10-5-4-9(2)15(10)3/h4-5,7H,6H2,1-3H3,(H,13,16). The summed E-state index contributed by atoms with van der Waals surface area (Å²) in [6.45, 7) is 4.29. The van der Waals surface area contributed by atoms with E-state index < -0.39 is 0 Å². The van der Waals surface area contributed by atoms with Crippen LogP contribution in [0.15, 0.2) is 22.9 Å². The Hall–Kier alpha value is -2.04. The summed E-state index contributed by atoms with van der Waals surface area (Å²) in [6, 6.07) is 4.01. The minimum Gasteiger partial charge on any atom is -0.364 e. The third kappa shape index (κ3) is 2.22. The van der Waals surface area contributed by atoms with Crippen molar-refractivity contribution in [3.8, 4) is 0 Å². The number of aryl methyl sites for hydroxylation is 2. The van der Waals surface area contributed by atoms with Gasteiger partial charge in [-0.3, -0.25) is 4.79 Å². The highest BCUT2D eigenvalue weighted by Crippen LogP contribution is 2.07. The molecule has 1 amide bonds. The second kappa shape index (κ2) is 4.45. The summed E-state index contributed by atoms with van der Waals surface area (Å²) in [5.41, 5.74) is 3.30. The number of rotatable bonds is 3. The molecule has 2 aromatic rings. The van der Waals surface area contributed by atoms with Crippen molar-refractivity contribution in [3.05, 3.63) is 41.0 Å². The summed E-state index contributed by atoms with van der Waals surface area (Å²) in [6.07, 6.45) is 1.46. The van der Waals surface area contributed by atoms with Gasteiger partial charge in [-0.25, -0.2) is 0 Å². The van der Waals surface area contributed by atoms with Crippen molar-refractivity contribution in [2.24, 2.45) is 7.05 Å². The lowest BCUT2D eigenvalue weighted by Gasteiger charge is -2.06. The summed E-state index contributed by atoms with van der Waals surface area (Å²) >= 11 is 0. The quantitative estimate of drug-likeness (QED) is 0.875. The highest BCUT2D eigenvalue weighted by molar-refractivity contribution is 5.93. The molecule has 17 heavy (non-hydrogen) atoms. The van der Waals surface area contributed by atoms with E-state index in [0.29, 0.717) is 12.2 Å². The molecule has 0 unspecified atom stereocenters. The lowest BCUT2D eigenvalue weighted by Crippen LogP contribution is -2.24. The molecule has 2 aromatic heterocycles. The maximum Gasteiger partial charge on any atom is 0.274 e. The molecule has 2 rings (SSSR count). The predicted octanol–water partition coefficient (Wildman–Crippen LogP) is 1.56. The van der Waals surface area contributed by atoms with E-state index >= 15 is 0 Å². The minimum absolute atomic E-state index is 0.213. The topological polar surface area (TPSA) is 60.1 Å². The zero-order valence-electron chi connectivity index (χ0n) is 10.2. The van der Waals surface area contributed by atoms with Crippen LogP contribution in [0, 0.1) is 13.8 Å². The summed E-state index contributed by atoms with van der Waals surface area (Å²) in [7, 11) is 1.97. The lowest BCUT2D eigenvalue weighted by atomic mass is 10.2. The Balaban J connectivity index is 2.02. The van der Waals surface area contributed by atoms with Crippen LogP contribution in [-0.4, -0.2) is 15.6 Å². The zero-order chi connectivity index (χ0) is 12.4. The molecule has 0 spiro atoms. The van der Waals surface area contributed by atoms with E-state index in [2.05, 4.69) is 10.5 Å². The van der Waals surface area contributed by atoms with E-state index in [4.69, 9.17) is 4.52 Å². The van der Waals surface area contributed by atoms with Crippen molar-refractivity contribution >= 4 is 5.91 Å². The smallest absolute Gasteiger partial charge is 0.274 e. The lowest BCUT2D eigenvalue weighted by molar-refractivity contribution is 0.0940. The average Bonchev–Trinajstić information content (AvgIpc) is 2.85. The summed E-state index contributed by atoms with van der Waals surface area (Å²) in [4.78, 5) is 11.8. The molecule has 5 heteroatoms. The third-order valence-electron chi connectivity index (χ3n) is 2.87. The number of amides is 1. The number of nitrogens with one attached hydrogen (secondary N) is 1. The van der Waals surface area contributed by atoms with Crippen molar-refractivity contribution in [1.29, 1.82) is 0 Å². The molecular weight excluding hydrogens is 218 g/mol. The van der Waals surface area contributed by atoms with E-state index in [0.717, 1.165) is 17.0 Å². The van der Waals surface area contributed by atoms with Crippen LogP contribution in [0.4, 0.5) is 0 Å². The second-order valence-electron chi connectivity index (χ2n) is 4.05. The van der Waals surface area contributed by atoms with E-state index in [1.54, 1.807) is 6.92 Å². The summed E-state index contributed by atoms with van der Waals surface area (Å²) < 4.78 is 6.77. The summed E-state index contributed by atoms with van der Waals surface area (Å²) in [5.74, 6) is -0.213. The molecule has 0 aliphatic heterocycles. The molecule has 5 nitrogen and oxygen atoms in total. The van der Waals surface area contributed by atoms with Crippen molar-refractivity contribution < 1.29 is 9.32 Å². The fraction of sp³-hybridized carbons (Fsp3) is 0.333. The van der Waals surface area contributed by atoms with Gasteiger partial charge in [0, 0.05) is 24.0 Å². The Morgan fingerprint density at radius 1 is 1.47 bits per heavy atom. The number of hydrogen-bond donors (Lipinski definition) is 1. The first kappa shape index (κ1) is 11.4. The maximum atomic E-state index is 11.8. The molecule has 0 aliphatic carbocycles. The molecule has 0 bridgehead atoms. The van der Waals surface area contributed by atoms with Crippen LogP contribution in [0.1, 0.15) is 27.4 Å². The van der Waals surface area contributed by atoms with Crippen LogP contribution in [0.5, 0.6) is 0 Å². The van der Waals surface area contributed by atoms with E-state index in [1.165, 1.54) is 6.26 Å². The number of carbonyl (C=O) groups excluding carboxylic acids is 1. The molecule has 1 N–H and O–H groups in total. The van der Waals surface area contributed by atoms with Crippen LogP contribution in [0.2, 0.25) is 0 Å². The molecule has 0 atom stereocenters. The molecule has 0 aliphatic rings. The molecule has 0 saturated carbocycles. The third-order valence-corrected chi connectivity index (χ3v) is 2.87. The molecule has 90 valence electrons. The SMILES string of the molecule is Cc1conc1C(=O)NCc1ccc(C)n1C. The van der Waals surface area contributed by atoms with Crippen LogP contribution in [0.25, 0.3) is 0 Å². The van der Waals surface area contributed by atoms with Crippen LogP contribution >= 0.6 is 0 Å². The van der Waals surface area contributed by atoms with Crippen molar-refractivity contribution in [1.82, 2.24) is 15.0 Å². The van der Waals surface area contributed by atoms with Crippen molar-refractivity contribution in [3.63, 3.8) is 0 Å². The fourth-order valence-electron chi connectivity index (χ4n) is 1.61. The van der Waals surface area contributed by atoms with E-state index in [1.807, 2.05) is 30.7 Å². The van der Waals surface area contributed by atoms with Gasteiger partial charge in [-0.1, -0.05) is 5.16 Å². The van der Waals surface area contributed by atoms with E-state index in [9.17, 15) is 4.79 Å². The second-order valence-corrected chi connectivity index (χ2v) is 4.05. The van der Waals surface area contributed by atoms with Gasteiger partial charge in [0.05, 0.1) is 6.54 Å². The van der Waals surface area contributed by atoms with Gasteiger partial charge in [0.1, 0.15) is 6.26 Å². The largest absolute Gasteiger partial charge is 0.364 e. The van der Waals surface area contributed by atoms with E-state index in [-0.39, 0.29) is 5.91 Å². The molecule has 0 aromatic carbocycles. The van der Waals surface area contributed by atoms with Gasteiger partial charge in [0.25, 0.3) is 5.91 Å². The first-order valence-electron chi connectivity index (χ1n) is 5.40. The van der Waals surface area contributed by atoms with Gasteiger partial charge in [0.15, 0.2) is 5.69 Å². The Morgan fingerprint density at radius 3 is 2.76 bits per heavy atom. The first-order valence-corrected chi connectivity index (χ1v) is 5.40.